The highest BCUT2D eigenvalue weighted by molar-refractivity contribution is 7.98. The minimum Gasteiger partial charge on any atom is -0.508 e. The van der Waals surface area contributed by atoms with Crippen LogP contribution >= 0.6 is 24.4 Å². The SMILES string of the molecule is CSCC[C@H](N)C(=O)N1CCC[C@H]1C(=O)N[C@@H](CCCCN)C(=O)N[C@@H](CCCCN)C(=O)N[C@@H](CCCCN)C(=O)N1CCC[C@H]1C(=O)N[C@H](C(=O)N1CCC[C@H]1C(=O)N[C@@H](Cc1ccc(O)cc1)C(=O)N[C@@H](CCC(N)=O)C(=O)N[C@@H](CC(C)C)C(=O)N[C@@H](CC(N)=O)C(=O)N1CCC[C@H]1C(=O)N[C@@H](CS)C(=O)O)[C@@H](C)O. The summed E-state index contributed by atoms with van der Waals surface area (Å²) in [6.45, 7) is 5.61. The number of aliphatic carboxylic acids is 1. The largest absolute Gasteiger partial charge is 0.508 e. The lowest BCUT2D eigenvalue weighted by atomic mass is 10.0. The van der Waals surface area contributed by atoms with Crippen LogP contribution in [0.2, 0.25) is 0 Å². The monoisotopic (exact) mass is 1640 g/mol. The standard InChI is InChI=1S/C74H121N19O19S2/c1-41(2)37-50(64(101)87-52(39-59(80)97)72(109)92-34-12-19-55(92)68(105)88-53(40-113)74(111)112)85-63(100)48(26-27-58(79)96)82-65(102)51(38-43-22-24-44(95)25-23-43)86-67(104)56-20-14-35-93(56)73(110)60(42(3)94)89-69(106)57-21-13-33-91(57)71(108)49(17-7-10-31-77)84-62(99)46(15-5-8-29-75)81-61(98)47(16-6-9-30-76)83-66(103)54-18-11-32-90(54)70(107)45(78)28-36-114-4/h22-25,41-42,45-57,60,94-95,113H,5-21,26-40,75-78H2,1-4H3,(H2,79,96)(H2,80,97)(H,81,98)(H,82,102)(H,83,103)(H,84,99)(H,85,100)(H,86,104)(H,87,101)(H,88,105)(H,89,106)(H,111,112)/t42-,45+,46+,47+,48+,49+,50+,51+,52+,53+,54+,55+,56+,57+,60+/m1/s1. The Labute approximate surface area is 673 Å². The summed E-state index contributed by atoms with van der Waals surface area (Å²) < 4.78 is 0. The first-order valence-corrected chi connectivity index (χ1v) is 41.4. The number of carboxylic acid groups (broad SMARTS) is 1. The molecule has 1 aromatic rings. The van der Waals surface area contributed by atoms with E-state index in [1.807, 2.05) is 6.26 Å². The lowest BCUT2D eigenvalue weighted by Gasteiger charge is -2.33. The third kappa shape index (κ3) is 29.4. The lowest BCUT2D eigenvalue weighted by molar-refractivity contribution is -0.146. The fourth-order valence-corrected chi connectivity index (χ4v) is 15.1. The van der Waals surface area contributed by atoms with E-state index in [0.717, 1.165) is 9.80 Å². The van der Waals surface area contributed by atoms with Crippen LogP contribution in [0.3, 0.4) is 0 Å². The van der Waals surface area contributed by atoms with Gasteiger partial charge >= 0.3 is 5.97 Å². The smallest absolute Gasteiger partial charge is 0.327 e. The molecule has 0 aliphatic carbocycles. The molecule has 40 heteroatoms. The molecular weight excluding hydrogens is 1520 g/mol. The van der Waals surface area contributed by atoms with Gasteiger partial charge in [-0.05, 0) is 191 Å². The van der Waals surface area contributed by atoms with Gasteiger partial charge in [0, 0.05) is 44.8 Å². The van der Waals surface area contributed by atoms with Crippen molar-refractivity contribution in [3.8, 4) is 5.75 Å². The van der Waals surface area contributed by atoms with Gasteiger partial charge in [-0.2, -0.15) is 24.4 Å². The summed E-state index contributed by atoms with van der Waals surface area (Å²) in [5.74, 6) is -14.1. The van der Waals surface area contributed by atoms with Crippen LogP contribution in [0.15, 0.2) is 24.3 Å². The number of aliphatic hydroxyl groups excluding tert-OH is 1. The van der Waals surface area contributed by atoms with Crippen molar-refractivity contribution in [1.29, 1.82) is 0 Å². The molecule has 114 heavy (non-hydrogen) atoms. The molecule has 15 amide bonds. The molecular formula is C74H121N19O19S2. The van der Waals surface area contributed by atoms with E-state index >= 15 is 0 Å². The molecule has 0 bridgehead atoms. The van der Waals surface area contributed by atoms with Crippen LogP contribution in [0.25, 0.3) is 0 Å². The number of carbonyl (C=O) groups is 16. The van der Waals surface area contributed by atoms with Gasteiger partial charge in [0.25, 0.3) is 0 Å². The van der Waals surface area contributed by atoms with Crippen molar-refractivity contribution >= 4 is 119 Å². The van der Waals surface area contributed by atoms with E-state index in [1.54, 1.807) is 13.8 Å². The summed E-state index contributed by atoms with van der Waals surface area (Å²) >= 11 is 5.51. The van der Waals surface area contributed by atoms with Crippen LogP contribution in [0, 0.1) is 5.92 Å². The Morgan fingerprint density at radius 3 is 1.28 bits per heavy atom. The highest BCUT2D eigenvalue weighted by Crippen LogP contribution is 2.26. The van der Waals surface area contributed by atoms with Crippen LogP contribution in [-0.2, 0) is 83.1 Å². The Bertz CT molecular complexity index is 3470. The molecule has 4 fully saturated rings. The number of thioether (sulfide) groups is 1. The quantitative estimate of drug-likeness (QED) is 0.0215. The number of hydrogen-bond acceptors (Lipinski definition) is 24. The summed E-state index contributed by atoms with van der Waals surface area (Å²) in [6.07, 6.45) is 3.07. The maximum atomic E-state index is 14.9. The molecule has 0 saturated carbocycles. The molecule has 0 radical (unpaired) electrons. The van der Waals surface area contributed by atoms with Crippen molar-refractivity contribution in [2.24, 2.45) is 40.3 Å². The maximum absolute atomic E-state index is 14.9. The van der Waals surface area contributed by atoms with Crippen molar-refractivity contribution in [3.63, 3.8) is 0 Å². The zero-order chi connectivity index (χ0) is 84.5. The van der Waals surface area contributed by atoms with Gasteiger partial charge in [-0.15, -0.1) is 0 Å². The fraction of sp³-hybridized carbons (Fsp3) is 0.703. The zero-order valence-electron chi connectivity index (χ0n) is 65.7. The number of phenols is 1. The molecule has 0 unspecified atom stereocenters. The minimum atomic E-state index is -1.73. The number of likely N-dealkylation sites (tertiary alicyclic amines) is 4. The predicted molar refractivity (Wildman–Crippen MR) is 423 cm³/mol. The number of nitrogens with two attached hydrogens (primary N) is 6. The molecule has 4 aliphatic heterocycles. The number of phenolic OH excluding ortho intramolecular Hbond substituents is 1. The first kappa shape index (κ1) is 95.6. The third-order valence-electron chi connectivity index (χ3n) is 20.6. The normalized spacial score (nSPS) is 19.6. The molecule has 24 N–H and O–H groups in total. The molecule has 38 nitrogen and oxygen atoms in total. The van der Waals surface area contributed by atoms with Crippen LogP contribution in [0.4, 0.5) is 0 Å². The number of benzene rings is 1. The molecule has 638 valence electrons. The van der Waals surface area contributed by atoms with E-state index in [9.17, 15) is 92.0 Å². The van der Waals surface area contributed by atoms with Crippen molar-refractivity contribution in [3.05, 3.63) is 29.8 Å². The van der Waals surface area contributed by atoms with Gasteiger partial charge in [0.1, 0.15) is 84.3 Å². The van der Waals surface area contributed by atoms with Crippen LogP contribution in [-0.4, -0.2) is 284 Å². The second-order valence-corrected chi connectivity index (χ2v) is 31.3. The molecule has 4 aliphatic rings. The molecule has 0 spiro atoms. The Morgan fingerprint density at radius 2 is 0.851 bits per heavy atom. The number of carbonyl (C=O) groups excluding carboxylic acids is 15. The molecule has 15 atom stereocenters. The Morgan fingerprint density at radius 1 is 0.474 bits per heavy atom. The number of aromatic hydroxyl groups is 1. The number of primary amides is 2. The van der Waals surface area contributed by atoms with Gasteiger partial charge in [0.2, 0.25) is 88.6 Å². The average Bonchev–Trinajstić information content (AvgIpc) is 1.64. The summed E-state index contributed by atoms with van der Waals surface area (Å²) in [4.78, 5) is 228. The van der Waals surface area contributed by atoms with Crippen LogP contribution in [0.5, 0.6) is 5.75 Å². The number of amides is 15. The number of rotatable bonds is 49. The average molecular weight is 1650 g/mol. The minimum absolute atomic E-state index is 0.000871. The zero-order valence-corrected chi connectivity index (χ0v) is 67.4. The Hall–Kier alpha value is -8.96. The first-order chi connectivity index (χ1) is 54.2. The van der Waals surface area contributed by atoms with E-state index in [1.165, 1.54) is 52.8 Å². The number of aliphatic hydroxyl groups is 1. The number of nitrogens with one attached hydrogen (secondary N) is 9. The van der Waals surface area contributed by atoms with Gasteiger partial charge in [0.05, 0.1) is 18.6 Å². The van der Waals surface area contributed by atoms with Gasteiger partial charge in [-0.25, -0.2) is 4.79 Å². The van der Waals surface area contributed by atoms with Gasteiger partial charge in [-0.3, -0.25) is 71.9 Å². The Kier molecular flexibility index (Phi) is 40.6. The van der Waals surface area contributed by atoms with Gasteiger partial charge in [-0.1, -0.05) is 26.0 Å². The second-order valence-electron chi connectivity index (χ2n) is 29.9. The summed E-state index contributed by atoms with van der Waals surface area (Å²) in [6, 6.07) is -13.4. The van der Waals surface area contributed by atoms with Crippen LogP contribution in [0.1, 0.15) is 168 Å². The number of hydrogen-bond donors (Lipinski definition) is 19. The summed E-state index contributed by atoms with van der Waals surface area (Å²) in [5, 5.41) is 54.7. The molecule has 0 aromatic heterocycles. The maximum Gasteiger partial charge on any atom is 0.327 e. The summed E-state index contributed by atoms with van der Waals surface area (Å²) in [5.41, 5.74) is 35.3. The van der Waals surface area contributed by atoms with E-state index in [2.05, 4.69) is 60.5 Å². The highest BCUT2D eigenvalue weighted by atomic mass is 32.2. The molecule has 5 rings (SSSR count). The van der Waals surface area contributed by atoms with Crippen molar-refractivity contribution in [2.45, 2.75) is 259 Å². The van der Waals surface area contributed by atoms with E-state index in [4.69, 9.17) is 34.4 Å². The number of nitrogens with zero attached hydrogens (tertiary/aromatic N) is 4. The van der Waals surface area contributed by atoms with Crippen molar-refractivity contribution < 1.29 is 92.0 Å². The second kappa shape index (κ2) is 48.4. The predicted octanol–water partition coefficient (Wildman–Crippen LogP) is -4.69. The molecule has 4 heterocycles. The highest BCUT2D eigenvalue weighted by Gasteiger charge is 2.46. The van der Waals surface area contributed by atoms with E-state index in [0.29, 0.717) is 88.6 Å². The first-order valence-electron chi connectivity index (χ1n) is 39.4. The van der Waals surface area contributed by atoms with E-state index < -0.39 is 199 Å². The summed E-state index contributed by atoms with van der Waals surface area (Å²) in [7, 11) is 0. The number of carboxylic acids is 1. The van der Waals surface area contributed by atoms with Crippen molar-refractivity contribution in [2.75, 3.05) is 63.6 Å². The van der Waals surface area contributed by atoms with E-state index in [-0.39, 0.29) is 120 Å². The topological polar surface area (TPSA) is 611 Å². The Balaban J connectivity index is 1.34. The fourth-order valence-electron chi connectivity index (χ4n) is 14.4. The third-order valence-corrected chi connectivity index (χ3v) is 21.6. The molecule has 1 aromatic carbocycles. The lowest BCUT2D eigenvalue weighted by Crippen LogP contribution is -2.62. The van der Waals surface area contributed by atoms with Gasteiger partial charge in [0.15, 0.2) is 0 Å². The van der Waals surface area contributed by atoms with Crippen molar-refractivity contribution in [1.82, 2.24) is 67.5 Å². The number of thiol groups is 1. The van der Waals surface area contributed by atoms with Crippen LogP contribution < -0.4 is 82.3 Å². The van der Waals surface area contributed by atoms with Gasteiger partial charge < -0.3 is 117 Å². The molecule has 4 saturated heterocycles. The number of unbranched alkanes of at least 4 members (excludes halogenated alkanes) is 3.